The lowest BCUT2D eigenvalue weighted by molar-refractivity contribution is -0.135. The summed E-state index contributed by atoms with van der Waals surface area (Å²) in [5.41, 5.74) is 6.14. The van der Waals surface area contributed by atoms with Gasteiger partial charge in [-0.15, -0.1) is 0 Å². The maximum atomic E-state index is 14.0. The Morgan fingerprint density at radius 1 is 0.820 bits per heavy atom. The van der Waals surface area contributed by atoms with Gasteiger partial charge in [0.05, 0.1) is 12.1 Å². The summed E-state index contributed by atoms with van der Waals surface area (Å²) in [7, 11) is 0. The molecular weight excluding hydrogens is 630 g/mol. The van der Waals surface area contributed by atoms with Gasteiger partial charge < -0.3 is 31.4 Å². The molecule has 1 aliphatic carbocycles. The Kier molecular flexibility index (Phi) is 11.9. The first-order chi connectivity index (χ1) is 24.1. The van der Waals surface area contributed by atoms with Gasteiger partial charge in [-0.3, -0.25) is 19.2 Å². The van der Waals surface area contributed by atoms with Crippen molar-refractivity contribution in [1.82, 2.24) is 26.3 Å². The number of nitrogens with one attached hydrogen (secondary N) is 5. The SMILES string of the molecule is CCCC[C@H](NC(=O)[C@H](Cc1c[nH]c2ccccc12)NC(=O)[C@H](C)NC(=O)C1=C(C)c2ccccc2C1)C(O)C(=O)N[C@H](C)c1ccccc1. The van der Waals surface area contributed by atoms with E-state index in [9.17, 15) is 24.3 Å². The summed E-state index contributed by atoms with van der Waals surface area (Å²) >= 11 is 0. The molecule has 0 fully saturated rings. The van der Waals surface area contributed by atoms with Crippen LogP contribution in [0.3, 0.4) is 0 Å². The zero-order valence-electron chi connectivity index (χ0n) is 29.1. The first-order valence-corrected chi connectivity index (χ1v) is 17.3. The third-order valence-corrected chi connectivity index (χ3v) is 9.49. The van der Waals surface area contributed by atoms with E-state index in [2.05, 4.69) is 26.3 Å². The number of allylic oxidation sites excluding steroid dienone is 1. The highest BCUT2D eigenvalue weighted by molar-refractivity contribution is 6.05. The summed E-state index contributed by atoms with van der Waals surface area (Å²) in [6.45, 7) is 7.30. The van der Waals surface area contributed by atoms with Gasteiger partial charge >= 0.3 is 0 Å². The molecule has 0 spiro atoms. The van der Waals surface area contributed by atoms with Crippen LogP contribution in [-0.4, -0.2) is 57.9 Å². The Hall–Kier alpha value is -5.22. The summed E-state index contributed by atoms with van der Waals surface area (Å²) in [5, 5.41) is 23.5. The highest BCUT2D eigenvalue weighted by atomic mass is 16.3. The highest BCUT2D eigenvalue weighted by Gasteiger charge is 2.33. The number of amides is 4. The second-order valence-electron chi connectivity index (χ2n) is 13.1. The number of carbonyl (C=O) groups is 4. The third kappa shape index (κ3) is 8.49. The summed E-state index contributed by atoms with van der Waals surface area (Å²) in [4.78, 5) is 57.4. The van der Waals surface area contributed by atoms with E-state index in [1.807, 2.05) is 99.6 Å². The lowest BCUT2D eigenvalue weighted by Gasteiger charge is -2.28. The van der Waals surface area contributed by atoms with Crippen LogP contribution in [0.15, 0.2) is 90.6 Å². The van der Waals surface area contributed by atoms with Crippen LogP contribution in [0.5, 0.6) is 0 Å². The van der Waals surface area contributed by atoms with Gasteiger partial charge in [-0.25, -0.2) is 0 Å². The normalized spacial score (nSPS) is 15.4. The van der Waals surface area contributed by atoms with Gasteiger partial charge in [0.25, 0.3) is 5.91 Å². The number of aromatic nitrogens is 1. The number of fused-ring (bicyclic) bond motifs is 2. The summed E-state index contributed by atoms with van der Waals surface area (Å²) in [6.07, 6.45) is 2.69. The highest BCUT2D eigenvalue weighted by Crippen LogP contribution is 2.32. The average molecular weight is 678 g/mol. The number of carbonyl (C=O) groups excluding carboxylic acids is 4. The minimum absolute atomic E-state index is 0.135. The second kappa shape index (κ2) is 16.5. The van der Waals surface area contributed by atoms with Crippen molar-refractivity contribution in [1.29, 1.82) is 0 Å². The van der Waals surface area contributed by atoms with Crippen molar-refractivity contribution < 1.29 is 24.3 Å². The number of hydrogen-bond acceptors (Lipinski definition) is 5. The summed E-state index contributed by atoms with van der Waals surface area (Å²) in [5.74, 6) is -2.02. The molecule has 1 aromatic heterocycles. The molecular formula is C40H47N5O5. The predicted molar refractivity (Wildman–Crippen MR) is 195 cm³/mol. The number of aliphatic hydroxyl groups excluding tert-OH is 1. The number of para-hydroxylation sites is 1. The fourth-order valence-electron chi connectivity index (χ4n) is 6.48. The van der Waals surface area contributed by atoms with Crippen molar-refractivity contribution >= 4 is 40.1 Å². The molecule has 10 nitrogen and oxygen atoms in total. The van der Waals surface area contributed by atoms with Crippen LogP contribution in [-0.2, 0) is 32.0 Å². The van der Waals surface area contributed by atoms with Gasteiger partial charge in [-0.05, 0) is 61.1 Å². The van der Waals surface area contributed by atoms with Crippen LogP contribution in [0.2, 0.25) is 0 Å². The Morgan fingerprint density at radius 3 is 2.26 bits per heavy atom. The zero-order chi connectivity index (χ0) is 35.8. The fourth-order valence-corrected chi connectivity index (χ4v) is 6.48. The molecule has 262 valence electrons. The minimum atomic E-state index is -1.52. The van der Waals surface area contributed by atoms with E-state index in [1.54, 1.807) is 13.1 Å². The molecule has 0 aliphatic heterocycles. The number of rotatable bonds is 15. The maximum Gasteiger partial charge on any atom is 0.251 e. The molecule has 1 aliphatic rings. The van der Waals surface area contributed by atoms with Crippen LogP contribution < -0.4 is 21.3 Å². The summed E-state index contributed by atoms with van der Waals surface area (Å²) < 4.78 is 0. The van der Waals surface area contributed by atoms with Crippen LogP contribution in [0, 0.1) is 0 Å². The first kappa shape index (κ1) is 36.1. The van der Waals surface area contributed by atoms with Crippen molar-refractivity contribution in [2.45, 2.75) is 90.1 Å². The molecule has 50 heavy (non-hydrogen) atoms. The van der Waals surface area contributed by atoms with Gasteiger partial charge in [0.15, 0.2) is 6.10 Å². The van der Waals surface area contributed by atoms with E-state index in [0.29, 0.717) is 24.8 Å². The van der Waals surface area contributed by atoms with E-state index in [4.69, 9.17) is 0 Å². The predicted octanol–water partition coefficient (Wildman–Crippen LogP) is 4.64. The number of hydrogen-bond donors (Lipinski definition) is 6. The number of aromatic amines is 1. The van der Waals surface area contributed by atoms with Crippen LogP contribution in [0.1, 0.15) is 75.3 Å². The van der Waals surface area contributed by atoms with Gasteiger partial charge in [0, 0.05) is 35.5 Å². The largest absolute Gasteiger partial charge is 0.381 e. The Bertz CT molecular complexity index is 1870. The number of H-pyrrole nitrogens is 1. The molecule has 5 atom stereocenters. The molecule has 0 saturated carbocycles. The van der Waals surface area contributed by atoms with E-state index < -0.39 is 42.0 Å². The molecule has 0 radical (unpaired) electrons. The van der Waals surface area contributed by atoms with Crippen molar-refractivity contribution in [3.63, 3.8) is 0 Å². The average Bonchev–Trinajstić information content (AvgIpc) is 3.70. The molecule has 0 saturated heterocycles. The zero-order valence-corrected chi connectivity index (χ0v) is 29.1. The lowest BCUT2D eigenvalue weighted by Crippen LogP contribution is -2.58. The minimum Gasteiger partial charge on any atom is -0.381 e. The topological polar surface area (TPSA) is 152 Å². The van der Waals surface area contributed by atoms with Gasteiger partial charge in [-0.1, -0.05) is 92.6 Å². The van der Waals surface area contributed by atoms with Gasteiger partial charge in [-0.2, -0.15) is 0 Å². The second-order valence-corrected chi connectivity index (χ2v) is 13.1. The van der Waals surface area contributed by atoms with Crippen LogP contribution >= 0.6 is 0 Å². The van der Waals surface area contributed by atoms with E-state index >= 15 is 0 Å². The van der Waals surface area contributed by atoms with Crippen molar-refractivity contribution in [2.75, 3.05) is 0 Å². The Morgan fingerprint density at radius 2 is 1.52 bits per heavy atom. The molecule has 5 rings (SSSR count). The maximum absolute atomic E-state index is 14.0. The molecule has 0 bridgehead atoms. The molecule has 1 unspecified atom stereocenters. The number of unbranched alkanes of at least 4 members (excludes halogenated alkanes) is 1. The van der Waals surface area contributed by atoms with E-state index in [0.717, 1.165) is 45.2 Å². The van der Waals surface area contributed by atoms with Crippen molar-refractivity contribution in [2.24, 2.45) is 0 Å². The molecule has 4 aromatic rings. The molecule has 10 heteroatoms. The smallest absolute Gasteiger partial charge is 0.251 e. The van der Waals surface area contributed by atoms with Crippen molar-refractivity contribution in [3.8, 4) is 0 Å². The lowest BCUT2D eigenvalue weighted by atomic mass is 10.00. The molecule has 4 amide bonds. The fraction of sp³-hybridized carbons (Fsp3) is 0.350. The first-order valence-electron chi connectivity index (χ1n) is 17.3. The molecule has 1 heterocycles. The monoisotopic (exact) mass is 677 g/mol. The van der Waals surface area contributed by atoms with Gasteiger partial charge in [0.1, 0.15) is 12.1 Å². The number of aliphatic hydroxyl groups is 1. The van der Waals surface area contributed by atoms with Crippen molar-refractivity contribution in [3.05, 3.63) is 113 Å². The molecule has 6 N–H and O–H groups in total. The molecule has 3 aromatic carbocycles. The van der Waals surface area contributed by atoms with Crippen LogP contribution in [0.25, 0.3) is 16.5 Å². The van der Waals surface area contributed by atoms with E-state index in [-0.39, 0.29) is 18.4 Å². The quantitative estimate of drug-likeness (QED) is 0.108. The Balaban J connectivity index is 1.31. The Labute approximate surface area is 293 Å². The summed E-state index contributed by atoms with van der Waals surface area (Å²) in [6, 6.07) is 21.6. The van der Waals surface area contributed by atoms with Crippen LogP contribution in [0.4, 0.5) is 0 Å². The standard InChI is InChI=1S/C40H47N5O5/c1-5-6-19-34(36(46)40(50)42-25(3)27-14-8-7-9-15-27)44-39(49)35(22-29-23-41-33-20-13-12-18-31(29)33)45-37(47)26(4)43-38(48)32-21-28-16-10-11-17-30(28)24(32)2/h7-18,20,23,25-26,34-36,41,46H,5-6,19,21-22H2,1-4H3,(H,42,50)(H,43,48)(H,44,49)(H,45,47)/t25-,26+,34+,35+,36?/m1/s1. The number of benzene rings is 3. The third-order valence-electron chi connectivity index (χ3n) is 9.49. The van der Waals surface area contributed by atoms with E-state index in [1.165, 1.54) is 0 Å². The van der Waals surface area contributed by atoms with Gasteiger partial charge in [0.2, 0.25) is 17.7 Å².